The zero-order chi connectivity index (χ0) is 28.2. The Morgan fingerprint density at radius 1 is 0.550 bits per heavy atom. The molecule has 0 saturated heterocycles. The molecule has 2 amide bonds. The van der Waals surface area contributed by atoms with Crippen LogP contribution in [-0.2, 0) is 19.1 Å². The molecule has 4 aromatic carbocycles. The molecule has 4 aromatic rings. The number of para-hydroxylation sites is 1. The molecular formula is C31H28N2O7. The summed E-state index contributed by atoms with van der Waals surface area (Å²) in [4.78, 5) is 36.4. The minimum atomic E-state index is -0.653. The summed E-state index contributed by atoms with van der Waals surface area (Å²) >= 11 is 0. The van der Waals surface area contributed by atoms with Gasteiger partial charge in [0.2, 0.25) is 5.91 Å². The molecule has 0 radical (unpaired) electrons. The molecule has 2 N–H and O–H groups in total. The predicted octanol–water partition coefficient (Wildman–Crippen LogP) is 6.18. The molecule has 9 heteroatoms. The van der Waals surface area contributed by atoms with Gasteiger partial charge in [0.15, 0.2) is 6.61 Å². The van der Waals surface area contributed by atoms with Crippen molar-refractivity contribution in [3.63, 3.8) is 0 Å². The molecule has 9 nitrogen and oxygen atoms in total. The summed E-state index contributed by atoms with van der Waals surface area (Å²) in [7, 11) is 1.59. The lowest BCUT2D eigenvalue weighted by Crippen LogP contribution is -2.21. The van der Waals surface area contributed by atoms with Crippen LogP contribution in [0.4, 0.5) is 11.4 Å². The second-order valence-corrected chi connectivity index (χ2v) is 8.50. The lowest BCUT2D eigenvalue weighted by molar-refractivity contribution is -0.147. The van der Waals surface area contributed by atoms with Gasteiger partial charge >= 0.3 is 5.97 Å². The van der Waals surface area contributed by atoms with E-state index in [0.717, 1.165) is 5.75 Å². The van der Waals surface area contributed by atoms with Gasteiger partial charge in [0.1, 0.15) is 28.7 Å². The fraction of sp³-hybridized carbons (Fsp3) is 0.129. The topological polar surface area (TPSA) is 112 Å². The summed E-state index contributed by atoms with van der Waals surface area (Å²) in [5, 5.41) is 5.36. The van der Waals surface area contributed by atoms with Crippen LogP contribution in [0.15, 0.2) is 103 Å². The molecule has 0 aliphatic carbocycles. The maximum Gasteiger partial charge on any atom is 0.306 e. The standard InChI is InChI=1S/C31H28N2O7/c1-37-24-15-17-28(18-16-24)40-27-11-7-22(8-12-27)32-29(34)19-20-31(36)38-21-30(35)33-23-9-13-26(14-10-23)39-25-5-3-2-4-6-25/h2-18H,19-21H2,1H3,(H,32,34)(H,33,35). The van der Waals surface area contributed by atoms with Gasteiger partial charge in [-0.25, -0.2) is 0 Å². The summed E-state index contributed by atoms with van der Waals surface area (Å²) in [5.41, 5.74) is 1.08. The summed E-state index contributed by atoms with van der Waals surface area (Å²) in [6.45, 7) is -0.460. The number of carbonyl (C=O) groups excluding carboxylic acids is 3. The summed E-state index contributed by atoms with van der Waals surface area (Å²) < 4.78 is 21.6. The number of rotatable bonds is 12. The Labute approximate surface area is 231 Å². The van der Waals surface area contributed by atoms with E-state index in [0.29, 0.717) is 34.4 Å². The molecule has 204 valence electrons. The normalized spacial score (nSPS) is 10.2. The number of anilines is 2. The Bertz CT molecular complexity index is 1410. The minimum Gasteiger partial charge on any atom is -0.497 e. The summed E-state index contributed by atoms with van der Waals surface area (Å²) in [5.74, 6) is 1.79. The van der Waals surface area contributed by atoms with Gasteiger partial charge in [-0.3, -0.25) is 14.4 Å². The molecule has 0 aliphatic rings. The molecule has 0 spiro atoms. The van der Waals surface area contributed by atoms with Gasteiger partial charge in [0.05, 0.1) is 13.5 Å². The van der Waals surface area contributed by atoms with Crippen LogP contribution in [0.25, 0.3) is 0 Å². The molecule has 0 bridgehead atoms. The van der Waals surface area contributed by atoms with E-state index >= 15 is 0 Å². The molecule has 0 atom stereocenters. The van der Waals surface area contributed by atoms with Crippen molar-refractivity contribution in [3.05, 3.63) is 103 Å². The Balaban J connectivity index is 1.13. The van der Waals surface area contributed by atoms with Crippen LogP contribution < -0.4 is 24.8 Å². The third-order valence-electron chi connectivity index (χ3n) is 5.47. The highest BCUT2D eigenvalue weighted by Gasteiger charge is 2.11. The van der Waals surface area contributed by atoms with Gasteiger partial charge in [-0.05, 0) is 84.9 Å². The molecule has 0 fully saturated rings. The maximum atomic E-state index is 12.2. The Morgan fingerprint density at radius 3 is 1.52 bits per heavy atom. The maximum absolute atomic E-state index is 12.2. The molecule has 0 heterocycles. The molecule has 40 heavy (non-hydrogen) atoms. The average Bonchev–Trinajstić information content (AvgIpc) is 2.98. The first kappa shape index (κ1) is 27.7. The SMILES string of the molecule is COc1ccc(Oc2ccc(NC(=O)CCC(=O)OCC(=O)Nc3ccc(Oc4ccccc4)cc3)cc2)cc1. The third-order valence-corrected chi connectivity index (χ3v) is 5.47. The highest BCUT2D eigenvalue weighted by molar-refractivity contribution is 5.94. The van der Waals surface area contributed by atoms with Crippen LogP contribution in [0.2, 0.25) is 0 Å². The zero-order valence-electron chi connectivity index (χ0n) is 21.8. The first-order valence-electron chi connectivity index (χ1n) is 12.5. The molecule has 0 aliphatic heterocycles. The van der Waals surface area contributed by atoms with Crippen LogP contribution in [0.3, 0.4) is 0 Å². The van der Waals surface area contributed by atoms with E-state index in [1.54, 1.807) is 79.9 Å². The van der Waals surface area contributed by atoms with Gasteiger partial charge in [0, 0.05) is 17.8 Å². The smallest absolute Gasteiger partial charge is 0.306 e. The first-order chi connectivity index (χ1) is 19.5. The van der Waals surface area contributed by atoms with Crippen molar-refractivity contribution in [3.8, 4) is 28.7 Å². The fourth-order valence-electron chi connectivity index (χ4n) is 3.47. The van der Waals surface area contributed by atoms with Crippen molar-refractivity contribution in [2.45, 2.75) is 12.8 Å². The molecule has 0 saturated carbocycles. The van der Waals surface area contributed by atoms with E-state index in [1.807, 2.05) is 30.3 Å². The van der Waals surface area contributed by atoms with E-state index in [1.165, 1.54) is 0 Å². The Morgan fingerprint density at radius 2 is 1.00 bits per heavy atom. The van der Waals surface area contributed by atoms with E-state index in [-0.39, 0.29) is 18.7 Å². The number of nitrogens with one attached hydrogen (secondary N) is 2. The highest BCUT2D eigenvalue weighted by atomic mass is 16.5. The van der Waals surface area contributed by atoms with Gasteiger partial charge in [-0.1, -0.05) is 18.2 Å². The van der Waals surface area contributed by atoms with Crippen LogP contribution in [0.5, 0.6) is 28.7 Å². The second-order valence-electron chi connectivity index (χ2n) is 8.50. The number of hydrogen-bond donors (Lipinski definition) is 2. The van der Waals surface area contributed by atoms with E-state index in [9.17, 15) is 14.4 Å². The van der Waals surface area contributed by atoms with Crippen molar-refractivity contribution in [2.24, 2.45) is 0 Å². The predicted molar refractivity (Wildman–Crippen MR) is 150 cm³/mol. The lowest BCUT2D eigenvalue weighted by atomic mass is 10.2. The summed E-state index contributed by atoms with van der Waals surface area (Å²) in [6.07, 6.45) is -0.253. The number of benzene rings is 4. The quantitative estimate of drug-likeness (QED) is 0.206. The second kappa shape index (κ2) is 14.0. The van der Waals surface area contributed by atoms with Crippen molar-refractivity contribution < 1.29 is 33.3 Å². The van der Waals surface area contributed by atoms with Crippen molar-refractivity contribution in [2.75, 3.05) is 24.4 Å². The first-order valence-corrected chi connectivity index (χ1v) is 12.5. The number of esters is 1. The Hall–Kier alpha value is -5.31. The van der Waals surface area contributed by atoms with E-state index in [2.05, 4.69) is 10.6 Å². The van der Waals surface area contributed by atoms with Crippen molar-refractivity contribution in [1.29, 1.82) is 0 Å². The highest BCUT2D eigenvalue weighted by Crippen LogP contribution is 2.25. The number of ether oxygens (including phenoxy) is 4. The van der Waals surface area contributed by atoms with Gasteiger partial charge in [-0.15, -0.1) is 0 Å². The minimum absolute atomic E-state index is 0.0899. The fourth-order valence-corrected chi connectivity index (χ4v) is 3.47. The largest absolute Gasteiger partial charge is 0.497 e. The molecular weight excluding hydrogens is 512 g/mol. The lowest BCUT2D eigenvalue weighted by Gasteiger charge is -2.09. The van der Waals surface area contributed by atoms with E-state index in [4.69, 9.17) is 18.9 Å². The van der Waals surface area contributed by atoms with Gasteiger partial charge in [0.25, 0.3) is 5.91 Å². The summed E-state index contributed by atoms with van der Waals surface area (Å²) in [6, 6.07) is 30.1. The zero-order valence-corrected chi connectivity index (χ0v) is 21.8. The number of amides is 2. The monoisotopic (exact) mass is 540 g/mol. The molecule has 0 unspecified atom stereocenters. The van der Waals surface area contributed by atoms with Crippen LogP contribution in [0.1, 0.15) is 12.8 Å². The average molecular weight is 541 g/mol. The number of hydrogen-bond acceptors (Lipinski definition) is 7. The van der Waals surface area contributed by atoms with Crippen molar-refractivity contribution >= 4 is 29.2 Å². The number of carbonyl (C=O) groups is 3. The molecule has 4 rings (SSSR count). The van der Waals surface area contributed by atoms with Crippen molar-refractivity contribution in [1.82, 2.24) is 0 Å². The van der Waals surface area contributed by atoms with Crippen LogP contribution >= 0.6 is 0 Å². The van der Waals surface area contributed by atoms with Gasteiger partial charge in [-0.2, -0.15) is 0 Å². The Kier molecular flexibility index (Phi) is 9.71. The van der Waals surface area contributed by atoms with Crippen LogP contribution in [0, 0.1) is 0 Å². The number of methoxy groups -OCH3 is 1. The van der Waals surface area contributed by atoms with Gasteiger partial charge < -0.3 is 29.6 Å². The third kappa shape index (κ3) is 8.91. The van der Waals surface area contributed by atoms with Crippen LogP contribution in [-0.4, -0.2) is 31.5 Å². The molecule has 0 aromatic heterocycles. The van der Waals surface area contributed by atoms with E-state index < -0.39 is 18.5 Å².